The predicted octanol–water partition coefficient (Wildman–Crippen LogP) is 3.05. The zero-order chi connectivity index (χ0) is 19.1. The number of hydrogen-bond donors (Lipinski definition) is 0. The molecule has 2 aromatic carbocycles. The molecule has 0 spiro atoms. The number of carbonyl (C=O) groups excluding carboxylic acids is 1. The maximum absolute atomic E-state index is 13.1. The van der Waals surface area contributed by atoms with E-state index in [4.69, 9.17) is 0 Å². The zero-order valence-electron chi connectivity index (χ0n) is 15.6. The molecular formula is C20H24N2O3S. The summed E-state index contributed by atoms with van der Waals surface area (Å²) in [5.74, 6) is -0.214. The van der Waals surface area contributed by atoms with Crippen LogP contribution in [-0.2, 0) is 21.2 Å². The Kier molecular flexibility index (Phi) is 4.80. The number of sulfonamides is 1. The van der Waals surface area contributed by atoms with Crippen LogP contribution in [-0.4, -0.2) is 33.2 Å². The van der Waals surface area contributed by atoms with Crippen LogP contribution in [0.3, 0.4) is 0 Å². The number of hydrogen-bond acceptors (Lipinski definition) is 3. The zero-order valence-corrected chi connectivity index (χ0v) is 16.4. The molecule has 0 fully saturated rings. The molecule has 1 heterocycles. The maximum Gasteiger partial charge on any atom is 0.248 e. The van der Waals surface area contributed by atoms with Crippen molar-refractivity contribution in [3.8, 4) is 0 Å². The third-order valence-corrected chi connectivity index (χ3v) is 5.91. The highest BCUT2D eigenvalue weighted by Gasteiger charge is 2.33. The standard InChI is InChI=1S/C20H24N2O3S/c1-14-9-10-15(2)19(11-14)21(26(4,24)25)13-20(23)22-16(3)12-17-7-5-6-8-18(17)22/h5-11,16H,12-13H2,1-4H3/t16-/m0/s1. The number of amides is 1. The molecule has 5 nitrogen and oxygen atoms in total. The Bertz CT molecular complexity index is 953. The Labute approximate surface area is 155 Å². The maximum atomic E-state index is 13.1. The van der Waals surface area contributed by atoms with Gasteiger partial charge in [0, 0.05) is 11.7 Å². The first-order chi connectivity index (χ1) is 12.2. The van der Waals surface area contributed by atoms with Crippen molar-refractivity contribution in [2.75, 3.05) is 22.0 Å². The molecule has 6 heteroatoms. The summed E-state index contributed by atoms with van der Waals surface area (Å²) in [5, 5.41) is 0. The minimum Gasteiger partial charge on any atom is -0.307 e. The molecule has 0 saturated heterocycles. The Morgan fingerprint density at radius 3 is 2.58 bits per heavy atom. The number of rotatable bonds is 4. The topological polar surface area (TPSA) is 57.7 Å². The van der Waals surface area contributed by atoms with Crippen LogP contribution in [0, 0.1) is 13.8 Å². The lowest BCUT2D eigenvalue weighted by atomic mass is 10.1. The summed E-state index contributed by atoms with van der Waals surface area (Å²) in [6, 6.07) is 13.4. The van der Waals surface area contributed by atoms with Crippen LogP contribution in [0.2, 0.25) is 0 Å². The molecule has 3 rings (SSSR count). The van der Waals surface area contributed by atoms with Crippen LogP contribution in [0.15, 0.2) is 42.5 Å². The lowest BCUT2D eigenvalue weighted by molar-refractivity contribution is -0.117. The predicted molar refractivity (Wildman–Crippen MR) is 105 cm³/mol. The number of benzene rings is 2. The highest BCUT2D eigenvalue weighted by molar-refractivity contribution is 7.92. The SMILES string of the molecule is Cc1ccc(C)c(N(CC(=O)N2c3ccccc3C[C@@H]2C)S(C)(=O)=O)c1. The second kappa shape index (κ2) is 6.76. The largest absolute Gasteiger partial charge is 0.307 e. The molecule has 1 aliphatic heterocycles. The number of para-hydroxylation sites is 1. The third kappa shape index (κ3) is 3.46. The Morgan fingerprint density at radius 2 is 1.88 bits per heavy atom. The Hall–Kier alpha value is -2.34. The molecule has 138 valence electrons. The van der Waals surface area contributed by atoms with E-state index in [9.17, 15) is 13.2 Å². The van der Waals surface area contributed by atoms with E-state index in [-0.39, 0.29) is 18.5 Å². The third-order valence-electron chi connectivity index (χ3n) is 4.79. The van der Waals surface area contributed by atoms with Crippen molar-refractivity contribution in [2.24, 2.45) is 0 Å². The summed E-state index contributed by atoms with van der Waals surface area (Å²) >= 11 is 0. The second-order valence-electron chi connectivity index (χ2n) is 7.01. The molecule has 0 N–H and O–H groups in total. The van der Waals surface area contributed by atoms with E-state index in [1.165, 1.54) is 4.31 Å². The smallest absolute Gasteiger partial charge is 0.248 e. The molecule has 0 aromatic heterocycles. The average molecular weight is 372 g/mol. The molecule has 0 radical (unpaired) electrons. The van der Waals surface area contributed by atoms with Crippen LogP contribution < -0.4 is 9.21 Å². The van der Waals surface area contributed by atoms with E-state index in [0.29, 0.717) is 5.69 Å². The first-order valence-corrected chi connectivity index (χ1v) is 10.5. The fraction of sp³-hybridized carbons (Fsp3) is 0.350. The number of carbonyl (C=O) groups is 1. The van der Waals surface area contributed by atoms with E-state index in [1.807, 2.05) is 63.2 Å². The van der Waals surface area contributed by atoms with Crippen LogP contribution >= 0.6 is 0 Å². The lowest BCUT2D eigenvalue weighted by Crippen LogP contribution is -2.45. The summed E-state index contributed by atoms with van der Waals surface area (Å²) in [6.45, 7) is 5.54. The normalized spacial score (nSPS) is 16.5. The van der Waals surface area contributed by atoms with Crippen molar-refractivity contribution in [1.82, 2.24) is 0 Å². The van der Waals surface area contributed by atoms with Gasteiger partial charge in [-0.25, -0.2) is 8.42 Å². The number of fused-ring (bicyclic) bond motifs is 1. The molecule has 2 aromatic rings. The summed E-state index contributed by atoms with van der Waals surface area (Å²) in [6.07, 6.45) is 1.92. The lowest BCUT2D eigenvalue weighted by Gasteiger charge is -2.28. The van der Waals surface area contributed by atoms with Gasteiger partial charge in [0.15, 0.2) is 0 Å². The second-order valence-corrected chi connectivity index (χ2v) is 8.91. The number of nitrogens with zero attached hydrogens (tertiary/aromatic N) is 2. The molecule has 1 aliphatic rings. The minimum absolute atomic E-state index is 0.0138. The van der Waals surface area contributed by atoms with Gasteiger partial charge in [-0.2, -0.15) is 0 Å². The van der Waals surface area contributed by atoms with Crippen molar-refractivity contribution in [3.63, 3.8) is 0 Å². The summed E-state index contributed by atoms with van der Waals surface area (Å²) in [4.78, 5) is 14.8. The number of anilines is 2. The molecule has 0 unspecified atom stereocenters. The van der Waals surface area contributed by atoms with Crippen molar-refractivity contribution in [2.45, 2.75) is 33.2 Å². The van der Waals surface area contributed by atoms with Crippen LogP contribution in [0.5, 0.6) is 0 Å². The molecule has 26 heavy (non-hydrogen) atoms. The van der Waals surface area contributed by atoms with Gasteiger partial charge >= 0.3 is 0 Å². The molecule has 1 atom stereocenters. The van der Waals surface area contributed by atoms with Gasteiger partial charge in [-0.3, -0.25) is 9.10 Å². The number of aryl methyl sites for hydroxylation is 2. The molecule has 1 amide bonds. The van der Waals surface area contributed by atoms with Crippen molar-refractivity contribution < 1.29 is 13.2 Å². The van der Waals surface area contributed by atoms with E-state index in [0.717, 1.165) is 35.1 Å². The summed E-state index contributed by atoms with van der Waals surface area (Å²) in [7, 11) is -3.59. The van der Waals surface area contributed by atoms with Gasteiger partial charge in [-0.15, -0.1) is 0 Å². The van der Waals surface area contributed by atoms with Crippen molar-refractivity contribution in [1.29, 1.82) is 0 Å². The fourth-order valence-corrected chi connectivity index (χ4v) is 4.41. The molecule has 0 saturated carbocycles. The van der Waals surface area contributed by atoms with E-state index < -0.39 is 10.0 Å². The van der Waals surface area contributed by atoms with Gasteiger partial charge in [0.1, 0.15) is 6.54 Å². The summed E-state index contributed by atoms with van der Waals surface area (Å²) in [5.41, 5.74) is 4.32. The van der Waals surface area contributed by atoms with Gasteiger partial charge in [0.05, 0.1) is 11.9 Å². The quantitative estimate of drug-likeness (QED) is 0.829. The van der Waals surface area contributed by atoms with Crippen LogP contribution in [0.4, 0.5) is 11.4 Å². The average Bonchev–Trinajstić information content (AvgIpc) is 2.89. The van der Waals surface area contributed by atoms with Crippen molar-refractivity contribution >= 4 is 27.3 Å². The molecular weight excluding hydrogens is 348 g/mol. The van der Waals surface area contributed by atoms with Crippen LogP contribution in [0.25, 0.3) is 0 Å². The first kappa shape index (κ1) is 18.5. The monoisotopic (exact) mass is 372 g/mol. The van der Waals surface area contributed by atoms with E-state index in [2.05, 4.69) is 0 Å². The Morgan fingerprint density at radius 1 is 1.19 bits per heavy atom. The Balaban J connectivity index is 1.96. The van der Waals surface area contributed by atoms with Crippen LogP contribution in [0.1, 0.15) is 23.6 Å². The van der Waals surface area contributed by atoms with Gasteiger partial charge in [0.2, 0.25) is 15.9 Å². The molecule has 0 bridgehead atoms. The fourth-order valence-electron chi connectivity index (χ4n) is 3.51. The molecule has 0 aliphatic carbocycles. The van der Waals surface area contributed by atoms with Gasteiger partial charge in [-0.1, -0.05) is 30.3 Å². The first-order valence-electron chi connectivity index (χ1n) is 8.63. The minimum atomic E-state index is -3.59. The highest BCUT2D eigenvalue weighted by Crippen LogP contribution is 2.32. The van der Waals surface area contributed by atoms with E-state index in [1.54, 1.807) is 4.90 Å². The van der Waals surface area contributed by atoms with Gasteiger partial charge in [0.25, 0.3) is 0 Å². The van der Waals surface area contributed by atoms with Crippen molar-refractivity contribution in [3.05, 3.63) is 59.2 Å². The van der Waals surface area contributed by atoms with Gasteiger partial charge < -0.3 is 4.90 Å². The summed E-state index contributed by atoms with van der Waals surface area (Å²) < 4.78 is 26.1. The van der Waals surface area contributed by atoms with Gasteiger partial charge in [-0.05, 0) is 56.0 Å². The van der Waals surface area contributed by atoms with E-state index >= 15 is 0 Å². The highest BCUT2D eigenvalue weighted by atomic mass is 32.2.